The fourth-order valence-electron chi connectivity index (χ4n) is 4.62. The molecule has 0 bridgehead atoms. The van der Waals surface area contributed by atoms with Crippen LogP contribution in [0.1, 0.15) is 136 Å². The monoisotopic (exact) mass is 426 g/mol. The van der Waals surface area contributed by atoms with Gasteiger partial charge in [0.25, 0.3) is 0 Å². The number of unbranched alkanes of at least 4 members (excludes halogenated alkanes) is 10. The van der Waals surface area contributed by atoms with Gasteiger partial charge in [-0.3, -0.25) is 9.59 Å². The third kappa shape index (κ3) is 15.7. The zero-order valence-corrected chi connectivity index (χ0v) is 20.2. The van der Waals surface area contributed by atoms with Crippen molar-refractivity contribution in [3.05, 3.63) is 0 Å². The van der Waals surface area contributed by atoms with Crippen molar-refractivity contribution in [3.8, 4) is 0 Å². The van der Waals surface area contributed by atoms with Gasteiger partial charge in [-0.25, -0.2) is 0 Å². The molecule has 4 nitrogen and oxygen atoms in total. The summed E-state index contributed by atoms with van der Waals surface area (Å²) in [5, 5.41) is 18.4. The first-order valence-electron chi connectivity index (χ1n) is 12.9. The Morgan fingerprint density at radius 2 is 1.20 bits per heavy atom. The molecule has 2 N–H and O–H groups in total. The summed E-state index contributed by atoms with van der Waals surface area (Å²) >= 11 is 0. The van der Waals surface area contributed by atoms with E-state index in [-0.39, 0.29) is 5.92 Å². The van der Waals surface area contributed by atoms with Crippen molar-refractivity contribution in [1.29, 1.82) is 0 Å². The third-order valence-electron chi connectivity index (χ3n) is 6.76. The maximum Gasteiger partial charge on any atom is 0.306 e. The Morgan fingerprint density at radius 3 is 1.63 bits per heavy atom. The summed E-state index contributed by atoms with van der Waals surface area (Å²) in [7, 11) is 0. The topological polar surface area (TPSA) is 74.6 Å². The smallest absolute Gasteiger partial charge is 0.306 e. The van der Waals surface area contributed by atoms with Crippen molar-refractivity contribution in [2.75, 3.05) is 0 Å². The third-order valence-corrected chi connectivity index (χ3v) is 6.76. The van der Waals surface area contributed by atoms with Crippen LogP contribution >= 0.6 is 0 Å². The summed E-state index contributed by atoms with van der Waals surface area (Å²) in [5.41, 5.74) is 0. The molecule has 0 aliphatic carbocycles. The van der Waals surface area contributed by atoms with Crippen molar-refractivity contribution in [1.82, 2.24) is 0 Å². The number of rotatable bonds is 22. The number of aliphatic carboxylic acids is 2. The van der Waals surface area contributed by atoms with Crippen LogP contribution in [0, 0.1) is 17.8 Å². The maximum absolute atomic E-state index is 11.9. The molecule has 4 heteroatoms. The van der Waals surface area contributed by atoms with E-state index in [0.29, 0.717) is 18.3 Å². The van der Waals surface area contributed by atoms with Gasteiger partial charge >= 0.3 is 11.9 Å². The summed E-state index contributed by atoms with van der Waals surface area (Å²) in [5.74, 6) is -0.553. The van der Waals surface area contributed by atoms with Crippen LogP contribution in [0.25, 0.3) is 0 Å². The second-order valence-corrected chi connectivity index (χ2v) is 9.23. The molecule has 0 rings (SSSR count). The lowest BCUT2D eigenvalue weighted by Gasteiger charge is -2.26. The Kier molecular flexibility index (Phi) is 19.2. The normalized spacial score (nSPS) is 14.4. The van der Waals surface area contributed by atoms with Gasteiger partial charge in [-0.05, 0) is 31.1 Å². The minimum absolute atomic E-state index is 0.169. The minimum atomic E-state index is -0.684. The Hall–Kier alpha value is -1.06. The summed E-state index contributed by atoms with van der Waals surface area (Å²) in [4.78, 5) is 22.4. The highest BCUT2D eigenvalue weighted by molar-refractivity contribution is 5.70. The second kappa shape index (κ2) is 19.9. The van der Waals surface area contributed by atoms with Crippen molar-refractivity contribution in [3.63, 3.8) is 0 Å². The molecule has 3 unspecified atom stereocenters. The van der Waals surface area contributed by atoms with Gasteiger partial charge in [0.05, 0.1) is 5.92 Å². The molecule has 0 amide bonds. The van der Waals surface area contributed by atoms with Gasteiger partial charge in [-0.1, -0.05) is 111 Å². The summed E-state index contributed by atoms with van der Waals surface area (Å²) in [6.07, 6.45) is 19.5. The molecule has 0 heterocycles. The van der Waals surface area contributed by atoms with Crippen LogP contribution in [-0.2, 0) is 9.59 Å². The second-order valence-electron chi connectivity index (χ2n) is 9.23. The van der Waals surface area contributed by atoms with Crippen LogP contribution in [0.4, 0.5) is 0 Å². The first-order chi connectivity index (χ1) is 14.5. The van der Waals surface area contributed by atoms with Crippen molar-refractivity contribution < 1.29 is 19.8 Å². The molecule has 0 aromatic heterocycles. The number of carboxylic acids is 2. The zero-order valence-electron chi connectivity index (χ0n) is 20.2. The molecule has 178 valence electrons. The minimum Gasteiger partial charge on any atom is -0.481 e. The summed E-state index contributed by atoms with van der Waals surface area (Å²) < 4.78 is 0. The fraction of sp³-hybridized carbons (Fsp3) is 0.923. The Labute approximate surface area is 186 Å². The number of hydrogen-bond donors (Lipinski definition) is 2. The molecule has 0 aliphatic heterocycles. The van der Waals surface area contributed by atoms with Crippen LogP contribution in [0.2, 0.25) is 0 Å². The Balaban J connectivity index is 3.95. The SMILES string of the molecule is CCCCC(CC)CC(C(=O)O)C(CC)CCCCCCCCCCCCC(=O)O. The quantitative estimate of drug-likeness (QED) is 0.172. The van der Waals surface area contributed by atoms with Gasteiger partial charge in [0.15, 0.2) is 0 Å². The first kappa shape index (κ1) is 28.9. The predicted octanol–water partition coefficient (Wildman–Crippen LogP) is 8.09. The summed E-state index contributed by atoms with van der Waals surface area (Å²) in [6, 6.07) is 0. The van der Waals surface area contributed by atoms with Gasteiger partial charge in [0, 0.05) is 6.42 Å². The van der Waals surface area contributed by atoms with Crippen LogP contribution in [0.3, 0.4) is 0 Å². The number of hydrogen-bond acceptors (Lipinski definition) is 2. The highest BCUT2D eigenvalue weighted by atomic mass is 16.4. The van der Waals surface area contributed by atoms with E-state index >= 15 is 0 Å². The Morgan fingerprint density at radius 1 is 0.667 bits per heavy atom. The van der Waals surface area contributed by atoms with Crippen LogP contribution < -0.4 is 0 Å². The molecule has 0 aromatic rings. The van der Waals surface area contributed by atoms with Gasteiger partial charge in [-0.15, -0.1) is 0 Å². The maximum atomic E-state index is 11.9. The molecule has 0 radical (unpaired) electrons. The largest absolute Gasteiger partial charge is 0.481 e. The zero-order chi connectivity index (χ0) is 22.6. The summed E-state index contributed by atoms with van der Waals surface area (Å²) in [6.45, 7) is 6.57. The molecule has 0 spiro atoms. The van der Waals surface area contributed by atoms with Crippen LogP contribution in [0.15, 0.2) is 0 Å². The fourth-order valence-corrected chi connectivity index (χ4v) is 4.62. The van der Waals surface area contributed by atoms with Crippen molar-refractivity contribution in [2.24, 2.45) is 17.8 Å². The highest BCUT2D eigenvalue weighted by Gasteiger charge is 2.28. The van der Waals surface area contributed by atoms with Crippen LogP contribution in [-0.4, -0.2) is 22.2 Å². The van der Waals surface area contributed by atoms with E-state index in [1.807, 2.05) is 0 Å². The molecule has 0 aliphatic rings. The predicted molar refractivity (Wildman–Crippen MR) is 126 cm³/mol. The molecular weight excluding hydrogens is 376 g/mol. The molecule has 0 fully saturated rings. The van der Waals surface area contributed by atoms with Crippen LogP contribution in [0.5, 0.6) is 0 Å². The number of carbonyl (C=O) groups is 2. The molecular formula is C26H50O4. The van der Waals surface area contributed by atoms with E-state index < -0.39 is 11.9 Å². The molecule has 0 saturated carbocycles. The molecule has 30 heavy (non-hydrogen) atoms. The van der Waals surface area contributed by atoms with E-state index in [1.165, 1.54) is 57.8 Å². The Bertz CT molecular complexity index is 421. The van der Waals surface area contributed by atoms with E-state index in [1.54, 1.807) is 0 Å². The average Bonchev–Trinajstić information content (AvgIpc) is 2.72. The van der Waals surface area contributed by atoms with Crippen molar-refractivity contribution in [2.45, 2.75) is 136 Å². The van der Waals surface area contributed by atoms with Crippen molar-refractivity contribution >= 4 is 11.9 Å². The number of carboxylic acid groups (broad SMARTS) is 2. The first-order valence-corrected chi connectivity index (χ1v) is 12.9. The van der Waals surface area contributed by atoms with Gasteiger partial charge in [0.2, 0.25) is 0 Å². The van der Waals surface area contributed by atoms with Gasteiger partial charge in [-0.2, -0.15) is 0 Å². The van der Waals surface area contributed by atoms with E-state index in [2.05, 4.69) is 20.8 Å². The average molecular weight is 427 g/mol. The standard InChI is InChI=1S/C26H50O4/c1-4-7-18-22(5-2)21-24(26(29)30)23(6-3)19-16-14-12-10-8-9-11-13-15-17-20-25(27)28/h22-24H,4-21H2,1-3H3,(H,27,28)(H,29,30). The molecule has 3 atom stereocenters. The molecule has 0 saturated heterocycles. The van der Waals surface area contributed by atoms with Gasteiger partial charge < -0.3 is 10.2 Å². The lowest BCUT2D eigenvalue weighted by atomic mass is 9.78. The highest BCUT2D eigenvalue weighted by Crippen LogP contribution is 2.31. The van der Waals surface area contributed by atoms with Gasteiger partial charge in [0.1, 0.15) is 0 Å². The molecule has 0 aromatic carbocycles. The van der Waals surface area contributed by atoms with E-state index in [0.717, 1.165) is 51.4 Å². The lowest BCUT2D eigenvalue weighted by molar-refractivity contribution is -0.144. The van der Waals surface area contributed by atoms with E-state index in [9.17, 15) is 14.7 Å². The lowest BCUT2D eigenvalue weighted by Crippen LogP contribution is -2.26. The van der Waals surface area contributed by atoms with E-state index in [4.69, 9.17) is 5.11 Å².